The molecule has 2 aromatic rings. The molecule has 0 saturated carbocycles. The van der Waals surface area contributed by atoms with Gasteiger partial charge in [-0.3, -0.25) is 0 Å². The molecule has 88 valence electrons. The summed E-state index contributed by atoms with van der Waals surface area (Å²) in [5.74, 6) is -0.563. The summed E-state index contributed by atoms with van der Waals surface area (Å²) in [5, 5.41) is 8.89. The zero-order valence-electron chi connectivity index (χ0n) is 9.17. The van der Waals surface area contributed by atoms with Gasteiger partial charge in [0, 0.05) is 18.0 Å². The predicted octanol–water partition coefficient (Wildman–Crippen LogP) is 1.39. The van der Waals surface area contributed by atoms with Crippen LogP contribution >= 0.6 is 0 Å². The zero-order chi connectivity index (χ0) is 12.3. The summed E-state index contributed by atoms with van der Waals surface area (Å²) >= 11 is 0. The molecule has 0 aliphatic heterocycles. The molecule has 0 fully saturated rings. The van der Waals surface area contributed by atoms with Crippen LogP contribution < -0.4 is 4.74 Å². The number of carbonyl (C=O) groups is 1. The Labute approximate surface area is 97.3 Å². The van der Waals surface area contributed by atoms with Gasteiger partial charge in [-0.1, -0.05) is 0 Å². The molecular weight excluding hydrogens is 222 g/mol. The molecule has 0 aromatic carbocycles. The Morgan fingerprint density at radius 3 is 3.06 bits per heavy atom. The van der Waals surface area contributed by atoms with Crippen LogP contribution in [0.25, 0.3) is 0 Å². The zero-order valence-corrected chi connectivity index (χ0v) is 9.17. The fraction of sp³-hybridized carbons (Fsp3) is 0.182. The summed E-state index contributed by atoms with van der Waals surface area (Å²) in [6.07, 6.45) is 2.96. The highest BCUT2D eigenvalue weighted by atomic mass is 16.5. The van der Waals surface area contributed by atoms with Crippen LogP contribution in [-0.2, 0) is 6.61 Å². The first-order chi connectivity index (χ1) is 8.16. The van der Waals surface area contributed by atoms with E-state index in [1.807, 2.05) is 6.92 Å². The van der Waals surface area contributed by atoms with Crippen molar-refractivity contribution in [3.63, 3.8) is 0 Å². The summed E-state index contributed by atoms with van der Waals surface area (Å²) in [4.78, 5) is 21.5. The molecule has 0 aliphatic rings. The van der Waals surface area contributed by atoms with Crippen LogP contribution in [0.1, 0.15) is 21.7 Å². The van der Waals surface area contributed by atoms with Gasteiger partial charge in [-0.15, -0.1) is 0 Å². The van der Waals surface area contributed by atoms with Crippen molar-refractivity contribution in [2.45, 2.75) is 13.5 Å². The molecule has 2 heterocycles. The second kappa shape index (κ2) is 4.65. The van der Waals surface area contributed by atoms with Gasteiger partial charge in [0.1, 0.15) is 12.9 Å². The number of nitrogens with one attached hydrogen (secondary N) is 1. The van der Waals surface area contributed by atoms with Crippen molar-refractivity contribution in [3.8, 4) is 5.88 Å². The van der Waals surface area contributed by atoms with Gasteiger partial charge >= 0.3 is 5.97 Å². The lowest BCUT2D eigenvalue weighted by molar-refractivity contribution is 0.0694. The highest BCUT2D eigenvalue weighted by Crippen LogP contribution is 2.11. The third kappa shape index (κ3) is 2.60. The quantitative estimate of drug-likeness (QED) is 0.833. The van der Waals surface area contributed by atoms with Crippen LogP contribution in [0, 0.1) is 6.92 Å². The molecule has 0 amide bonds. The van der Waals surface area contributed by atoms with E-state index < -0.39 is 5.97 Å². The molecule has 2 rings (SSSR count). The molecule has 2 N–H and O–H groups in total. The maximum absolute atomic E-state index is 10.8. The van der Waals surface area contributed by atoms with E-state index in [-0.39, 0.29) is 12.2 Å². The third-order valence-electron chi connectivity index (χ3n) is 2.21. The lowest BCUT2D eigenvalue weighted by Crippen LogP contribution is -2.04. The van der Waals surface area contributed by atoms with Crippen molar-refractivity contribution < 1.29 is 14.6 Å². The topological polar surface area (TPSA) is 88.1 Å². The van der Waals surface area contributed by atoms with E-state index in [4.69, 9.17) is 9.84 Å². The lowest BCUT2D eigenvalue weighted by atomic mass is 10.2. The van der Waals surface area contributed by atoms with Gasteiger partial charge in [0.2, 0.25) is 5.88 Å². The lowest BCUT2D eigenvalue weighted by Gasteiger charge is -2.04. The van der Waals surface area contributed by atoms with Crippen molar-refractivity contribution in [2.75, 3.05) is 0 Å². The van der Waals surface area contributed by atoms with Crippen LogP contribution in [0.15, 0.2) is 24.7 Å². The van der Waals surface area contributed by atoms with Crippen LogP contribution in [0.4, 0.5) is 0 Å². The molecule has 0 aliphatic carbocycles. The predicted molar refractivity (Wildman–Crippen MR) is 58.9 cm³/mol. The molecular formula is C11H11N3O3. The van der Waals surface area contributed by atoms with E-state index >= 15 is 0 Å². The number of aromatic nitrogens is 3. The first-order valence-electron chi connectivity index (χ1n) is 4.98. The second-order valence-corrected chi connectivity index (χ2v) is 3.46. The maximum Gasteiger partial charge on any atom is 0.337 e. The number of aryl methyl sites for hydroxylation is 1. The van der Waals surface area contributed by atoms with Crippen molar-refractivity contribution in [1.82, 2.24) is 15.0 Å². The third-order valence-corrected chi connectivity index (χ3v) is 2.21. The molecule has 2 aromatic heterocycles. The minimum absolute atomic E-state index is 0.130. The molecule has 0 atom stereocenters. The van der Waals surface area contributed by atoms with Crippen molar-refractivity contribution >= 4 is 5.97 Å². The number of carboxylic acids is 1. The summed E-state index contributed by atoms with van der Waals surface area (Å²) in [6.45, 7) is 1.96. The standard InChI is InChI=1S/C11H11N3O3/c1-7-4-10(14-6-13-7)17-5-9-8(11(15)16)2-3-12-9/h2-4,6,12H,5H2,1H3,(H,15,16). The number of aromatic amines is 1. The number of rotatable bonds is 4. The Kier molecular flexibility index (Phi) is 3.04. The van der Waals surface area contributed by atoms with Crippen molar-refractivity contribution in [2.24, 2.45) is 0 Å². The number of nitrogens with zero attached hydrogens (tertiary/aromatic N) is 2. The van der Waals surface area contributed by atoms with Gasteiger partial charge < -0.3 is 14.8 Å². The number of hydrogen-bond donors (Lipinski definition) is 2. The fourth-order valence-corrected chi connectivity index (χ4v) is 1.38. The summed E-state index contributed by atoms with van der Waals surface area (Å²) in [7, 11) is 0. The van der Waals surface area contributed by atoms with Crippen LogP contribution in [0.2, 0.25) is 0 Å². The maximum atomic E-state index is 10.8. The van der Waals surface area contributed by atoms with Crippen molar-refractivity contribution in [1.29, 1.82) is 0 Å². The highest BCUT2D eigenvalue weighted by Gasteiger charge is 2.11. The first kappa shape index (κ1) is 11.1. The normalized spacial score (nSPS) is 10.2. The van der Waals surface area contributed by atoms with Crippen LogP contribution in [0.5, 0.6) is 5.88 Å². The molecule has 0 saturated heterocycles. The average molecular weight is 233 g/mol. The summed E-state index contributed by atoms with van der Waals surface area (Å²) in [6, 6.07) is 3.18. The Balaban J connectivity index is 2.07. The smallest absolute Gasteiger partial charge is 0.337 e. The number of carboxylic acid groups (broad SMARTS) is 1. The number of hydrogen-bond acceptors (Lipinski definition) is 4. The first-order valence-corrected chi connectivity index (χ1v) is 4.98. The van der Waals surface area contributed by atoms with Gasteiger partial charge in [0.15, 0.2) is 0 Å². The Hall–Kier alpha value is -2.37. The van der Waals surface area contributed by atoms with Gasteiger partial charge in [0.25, 0.3) is 0 Å². The van der Waals surface area contributed by atoms with Crippen LogP contribution in [-0.4, -0.2) is 26.0 Å². The minimum Gasteiger partial charge on any atom is -0.478 e. The monoisotopic (exact) mass is 233 g/mol. The minimum atomic E-state index is -0.983. The molecule has 17 heavy (non-hydrogen) atoms. The van der Waals surface area contributed by atoms with Gasteiger partial charge in [0.05, 0.1) is 11.3 Å². The van der Waals surface area contributed by atoms with E-state index in [0.717, 1.165) is 5.69 Å². The second-order valence-electron chi connectivity index (χ2n) is 3.46. The Morgan fingerprint density at radius 1 is 1.53 bits per heavy atom. The van der Waals surface area contributed by atoms with E-state index in [0.29, 0.717) is 11.6 Å². The van der Waals surface area contributed by atoms with Crippen molar-refractivity contribution in [3.05, 3.63) is 41.6 Å². The molecule has 0 unspecified atom stereocenters. The highest BCUT2D eigenvalue weighted by molar-refractivity contribution is 5.88. The van der Waals surface area contributed by atoms with E-state index in [1.54, 1.807) is 12.3 Å². The largest absolute Gasteiger partial charge is 0.478 e. The SMILES string of the molecule is Cc1cc(OCc2[nH]ccc2C(=O)O)ncn1. The number of ether oxygens (including phenoxy) is 1. The molecule has 0 radical (unpaired) electrons. The van der Waals surface area contributed by atoms with Gasteiger partial charge in [-0.25, -0.2) is 14.8 Å². The van der Waals surface area contributed by atoms with E-state index in [9.17, 15) is 4.79 Å². The van der Waals surface area contributed by atoms with E-state index in [1.165, 1.54) is 12.4 Å². The molecule has 6 nitrogen and oxygen atoms in total. The van der Waals surface area contributed by atoms with Crippen LogP contribution in [0.3, 0.4) is 0 Å². The average Bonchev–Trinajstić information content (AvgIpc) is 2.74. The molecule has 0 spiro atoms. The van der Waals surface area contributed by atoms with E-state index in [2.05, 4.69) is 15.0 Å². The number of aromatic carboxylic acids is 1. The summed E-state index contributed by atoms with van der Waals surface area (Å²) in [5.41, 5.74) is 1.50. The Bertz CT molecular complexity index is 536. The fourth-order valence-electron chi connectivity index (χ4n) is 1.38. The Morgan fingerprint density at radius 2 is 2.35 bits per heavy atom. The van der Waals surface area contributed by atoms with Gasteiger partial charge in [-0.05, 0) is 13.0 Å². The number of H-pyrrole nitrogens is 1. The molecule has 0 bridgehead atoms. The van der Waals surface area contributed by atoms with Gasteiger partial charge in [-0.2, -0.15) is 0 Å². The molecule has 6 heteroatoms. The summed E-state index contributed by atoms with van der Waals surface area (Å²) < 4.78 is 5.38.